The van der Waals surface area contributed by atoms with Gasteiger partial charge in [-0.1, -0.05) is 6.07 Å². The lowest BCUT2D eigenvalue weighted by Gasteiger charge is -2.10. The van der Waals surface area contributed by atoms with E-state index >= 15 is 0 Å². The van der Waals surface area contributed by atoms with E-state index in [2.05, 4.69) is 9.97 Å². The molecule has 3 rings (SSSR count). The molecule has 0 fully saturated rings. The molecule has 2 aromatic heterocycles. The minimum Gasteiger partial charge on any atom is -0.497 e. The highest BCUT2D eigenvalue weighted by Crippen LogP contribution is 2.28. The Kier molecular flexibility index (Phi) is 4.52. The van der Waals surface area contributed by atoms with Gasteiger partial charge in [-0.05, 0) is 49.4 Å². The van der Waals surface area contributed by atoms with Crippen molar-refractivity contribution in [1.29, 1.82) is 0 Å². The summed E-state index contributed by atoms with van der Waals surface area (Å²) in [5.74, 6) is 1.42. The molecule has 4 heteroatoms. The molecule has 0 spiro atoms. The maximum Gasteiger partial charge on any atom is 0.214 e. The normalized spacial score (nSPS) is 10.3. The fourth-order valence-electron chi connectivity index (χ4n) is 2.32. The van der Waals surface area contributed by atoms with E-state index in [0.29, 0.717) is 12.5 Å². The summed E-state index contributed by atoms with van der Waals surface area (Å²) < 4.78 is 10.8. The number of nitrogens with zero attached hydrogens (tertiary/aromatic N) is 2. The Morgan fingerprint density at radius 3 is 2.39 bits per heavy atom. The molecule has 0 aliphatic carbocycles. The third kappa shape index (κ3) is 3.48. The van der Waals surface area contributed by atoms with Crippen LogP contribution in [0, 0.1) is 0 Å². The highest BCUT2D eigenvalue weighted by molar-refractivity contribution is 5.70. The van der Waals surface area contributed by atoms with Crippen LogP contribution in [-0.4, -0.2) is 23.7 Å². The van der Waals surface area contributed by atoms with Crippen molar-refractivity contribution in [2.75, 3.05) is 13.7 Å². The Labute approximate surface area is 135 Å². The van der Waals surface area contributed by atoms with Crippen molar-refractivity contribution >= 4 is 0 Å². The average molecular weight is 306 g/mol. The van der Waals surface area contributed by atoms with Gasteiger partial charge in [0.05, 0.1) is 25.1 Å². The van der Waals surface area contributed by atoms with Crippen LogP contribution >= 0.6 is 0 Å². The summed E-state index contributed by atoms with van der Waals surface area (Å²) >= 11 is 0. The minimum absolute atomic E-state index is 0.570. The van der Waals surface area contributed by atoms with Gasteiger partial charge >= 0.3 is 0 Å². The third-order valence-electron chi connectivity index (χ3n) is 3.44. The van der Waals surface area contributed by atoms with Crippen molar-refractivity contribution < 1.29 is 9.47 Å². The predicted octanol–water partition coefficient (Wildman–Crippen LogP) is 4.22. The molecule has 0 saturated carbocycles. The van der Waals surface area contributed by atoms with E-state index < -0.39 is 0 Å². The molecule has 0 bridgehead atoms. The first-order valence-corrected chi connectivity index (χ1v) is 7.51. The summed E-state index contributed by atoms with van der Waals surface area (Å²) in [5.41, 5.74) is 3.73. The molecule has 0 radical (unpaired) electrons. The van der Waals surface area contributed by atoms with Gasteiger partial charge < -0.3 is 9.47 Å². The summed E-state index contributed by atoms with van der Waals surface area (Å²) in [6, 6.07) is 17.6. The van der Waals surface area contributed by atoms with Crippen LogP contribution in [0.5, 0.6) is 11.6 Å². The Morgan fingerprint density at radius 1 is 0.913 bits per heavy atom. The number of hydrogen-bond donors (Lipinski definition) is 0. The van der Waals surface area contributed by atoms with E-state index in [-0.39, 0.29) is 0 Å². The quantitative estimate of drug-likeness (QED) is 0.708. The van der Waals surface area contributed by atoms with Crippen molar-refractivity contribution in [2.45, 2.75) is 6.92 Å². The number of benzene rings is 1. The van der Waals surface area contributed by atoms with Crippen molar-refractivity contribution in [3.8, 4) is 34.1 Å². The van der Waals surface area contributed by atoms with E-state index in [4.69, 9.17) is 9.47 Å². The lowest BCUT2D eigenvalue weighted by atomic mass is 10.1. The van der Waals surface area contributed by atoms with Gasteiger partial charge in [0.15, 0.2) is 0 Å². The molecule has 3 aromatic rings. The van der Waals surface area contributed by atoms with E-state index in [1.54, 1.807) is 13.3 Å². The molecule has 4 nitrogen and oxygen atoms in total. The molecule has 0 amide bonds. The molecule has 0 saturated heterocycles. The van der Waals surface area contributed by atoms with Crippen molar-refractivity contribution in [1.82, 2.24) is 9.97 Å². The number of methoxy groups -OCH3 is 1. The lowest BCUT2D eigenvalue weighted by molar-refractivity contribution is 0.327. The zero-order chi connectivity index (χ0) is 16.1. The summed E-state index contributed by atoms with van der Waals surface area (Å²) in [6.07, 6.45) is 1.78. The molecule has 0 unspecified atom stereocenters. The monoisotopic (exact) mass is 306 g/mol. The lowest BCUT2D eigenvalue weighted by Crippen LogP contribution is -1.97. The van der Waals surface area contributed by atoms with Gasteiger partial charge in [0.1, 0.15) is 5.75 Å². The maximum absolute atomic E-state index is 5.61. The van der Waals surface area contributed by atoms with Crippen LogP contribution in [0.4, 0.5) is 0 Å². The Hall–Kier alpha value is -2.88. The molecule has 0 N–H and O–H groups in total. The van der Waals surface area contributed by atoms with Gasteiger partial charge in [-0.15, -0.1) is 0 Å². The molecular weight excluding hydrogens is 288 g/mol. The van der Waals surface area contributed by atoms with Crippen LogP contribution in [0.15, 0.2) is 60.8 Å². The van der Waals surface area contributed by atoms with Crippen molar-refractivity contribution in [2.24, 2.45) is 0 Å². The topological polar surface area (TPSA) is 44.2 Å². The van der Waals surface area contributed by atoms with Crippen molar-refractivity contribution in [3.05, 3.63) is 60.8 Å². The second-order valence-electron chi connectivity index (χ2n) is 4.96. The van der Waals surface area contributed by atoms with Gasteiger partial charge in [0, 0.05) is 23.4 Å². The maximum atomic E-state index is 5.61. The first-order valence-electron chi connectivity index (χ1n) is 7.51. The second-order valence-corrected chi connectivity index (χ2v) is 4.96. The fraction of sp³-hybridized carbons (Fsp3) is 0.158. The SMILES string of the molecule is CCOc1cc(-c2ccccn2)cc(-c2ccc(OC)cc2)n1. The highest BCUT2D eigenvalue weighted by Gasteiger charge is 2.08. The molecule has 0 aliphatic heterocycles. The van der Waals surface area contributed by atoms with E-state index in [9.17, 15) is 0 Å². The predicted molar refractivity (Wildman–Crippen MR) is 90.6 cm³/mol. The zero-order valence-electron chi connectivity index (χ0n) is 13.2. The molecule has 23 heavy (non-hydrogen) atoms. The summed E-state index contributed by atoms with van der Waals surface area (Å²) in [7, 11) is 1.65. The minimum atomic E-state index is 0.570. The second kappa shape index (κ2) is 6.92. The largest absolute Gasteiger partial charge is 0.497 e. The number of hydrogen-bond acceptors (Lipinski definition) is 4. The zero-order valence-corrected chi connectivity index (χ0v) is 13.2. The van der Waals surface area contributed by atoms with Crippen LogP contribution in [0.3, 0.4) is 0 Å². The molecule has 0 atom stereocenters. The number of pyridine rings is 2. The first kappa shape index (κ1) is 15.0. The molecule has 0 aliphatic rings. The molecule has 1 aromatic carbocycles. The Bertz CT molecular complexity index is 771. The number of rotatable bonds is 5. The fourth-order valence-corrected chi connectivity index (χ4v) is 2.32. The average Bonchev–Trinajstić information content (AvgIpc) is 2.62. The number of aromatic nitrogens is 2. The van der Waals surface area contributed by atoms with Crippen LogP contribution in [0.1, 0.15) is 6.92 Å². The first-order chi connectivity index (χ1) is 11.3. The molecule has 116 valence electrons. The van der Waals surface area contributed by atoms with Gasteiger partial charge in [-0.2, -0.15) is 0 Å². The molecular formula is C19H18N2O2. The highest BCUT2D eigenvalue weighted by atomic mass is 16.5. The van der Waals surface area contributed by atoms with Crippen molar-refractivity contribution in [3.63, 3.8) is 0 Å². The number of ether oxygens (including phenoxy) is 2. The van der Waals surface area contributed by atoms with E-state index in [1.807, 2.05) is 61.5 Å². The van der Waals surface area contributed by atoms with Crippen LogP contribution in [0.2, 0.25) is 0 Å². The summed E-state index contributed by atoms with van der Waals surface area (Å²) in [4.78, 5) is 8.99. The van der Waals surface area contributed by atoms with Crippen LogP contribution in [-0.2, 0) is 0 Å². The van der Waals surface area contributed by atoms with Gasteiger partial charge in [0.2, 0.25) is 5.88 Å². The Balaban J connectivity index is 2.06. The van der Waals surface area contributed by atoms with Gasteiger partial charge in [-0.25, -0.2) is 4.98 Å². The molecule has 2 heterocycles. The van der Waals surface area contributed by atoms with E-state index in [0.717, 1.165) is 28.3 Å². The third-order valence-corrected chi connectivity index (χ3v) is 3.44. The van der Waals surface area contributed by atoms with E-state index in [1.165, 1.54) is 0 Å². The van der Waals surface area contributed by atoms with Crippen LogP contribution < -0.4 is 9.47 Å². The summed E-state index contributed by atoms with van der Waals surface area (Å²) in [5, 5.41) is 0. The van der Waals surface area contributed by atoms with Gasteiger partial charge in [0.25, 0.3) is 0 Å². The standard InChI is InChI=1S/C19H18N2O2/c1-3-23-19-13-15(17-6-4-5-11-20-17)12-18(21-19)14-7-9-16(22-2)10-8-14/h4-13H,3H2,1-2H3. The summed E-state index contributed by atoms with van der Waals surface area (Å²) in [6.45, 7) is 2.52. The van der Waals surface area contributed by atoms with Crippen LogP contribution in [0.25, 0.3) is 22.5 Å². The Morgan fingerprint density at radius 2 is 1.74 bits per heavy atom. The smallest absolute Gasteiger partial charge is 0.214 e. The van der Waals surface area contributed by atoms with Gasteiger partial charge in [-0.3, -0.25) is 4.98 Å².